The molecule has 1 heterocycles. The second-order valence-corrected chi connectivity index (χ2v) is 6.65. The Labute approximate surface area is 144 Å². The summed E-state index contributed by atoms with van der Waals surface area (Å²) in [5, 5.41) is 3.45. The molecule has 2 aromatic carbocycles. The monoisotopic (exact) mass is 340 g/mol. The maximum atomic E-state index is 13.8. The van der Waals surface area contributed by atoms with Gasteiger partial charge in [0, 0.05) is 5.56 Å². The Balaban J connectivity index is 1.74. The van der Waals surface area contributed by atoms with Gasteiger partial charge < -0.3 is 5.32 Å². The van der Waals surface area contributed by atoms with E-state index in [1.165, 1.54) is 29.2 Å². The number of rotatable bonds is 4. The minimum absolute atomic E-state index is 0.114. The van der Waals surface area contributed by atoms with Crippen molar-refractivity contribution in [2.45, 2.75) is 19.9 Å². The SMILES string of the molecule is Cc1ccc(C(C)NC(=O)c2cnc(-c3ccccc3F)s2)cc1. The standard InChI is InChI=1S/C19H17FN2OS/c1-12-7-9-14(10-8-12)13(2)22-18(23)17-11-21-19(24-17)15-5-3-4-6-16(15)20/h3-11,13H,1-2H3,(H,22,23). The Morgan fingerprint density at radius 2 is 1.88 bits per heavy atom. The molecule has 0 bridgehead atoms. The van der Waals surface area contributed by atoms with Crippen LogP contribution in [0.4, 0.5) is 4.39 Å². The van der Waals surface area contributed by atoms with E-state index >= 15 is 0 Å². The number of nitrogens with zero attached hydrogens (tertiary/aromatic N) is 1. The van der Waals surface area contributed by atoms with Crippen LogP contribution in [0.5, 0.6) is 0 Å². The van der Waals surface area contributed by atoms with Crippen LogP contribution < -0.4 is 5.32 Å². The van der Waals surface area contributed by atoms with Crippen molar-refractivity contribution in [1.82, 2.24) is 10.3 Å². The summed E-state index contributed by atoms with van der Waals surface area (Å²) in [6, 6.07) is 14.3. The summed E-state index contributed by atoms with van der Waals surface area (Å²) < 4.78 is 13.8. The van der Waals surface area contributed by atoms with Crippen molar-refractivity contribution in [1.29, 1.82) is 0 Å². The predicted molar refractivity (Wildman–Crippen MR) is 94.6 cm³/mol. The van der Waals surface area contributed by atoms with E-state index in [0.717, 1.165) is 5.56 Å². The van der Waals surface area contributed by atoms with E-state index in [1.807, 2.05) is 38.1 Å². The molecule has 0 radical (unpaired) electrons. The number of nitrogens with one attached hydrogen (secondary N) is 1. The molecule has 0 fully saturated rings. The van der Waals surface area contributed by atoms with Gasteiger partial charge in [0.15, 0.2) is 0 Å². The van der Waals surface area contributed by atoms with E-state index in [9.17, 15) is 9.18 Å². The van der Waals surface area contributed by atoms with Crippen LogP contribution >= 0.6 is 11.3 Å². The first-order valence-corrected chi connectivity index (χ1v) is 8.44. The molecular formula is C19H17FN2OS. The predicted octanol–water partition coefficient (Wildman–Crippen LogP) is 4.75. The molecule has 1 amide bonds. The summed E-state index contributed by atoms with van der Waals surface area (Å²) in [4.78, 5) is 17.0. The number of hydrogen-bond donors (Lipinski definition) is 1. The van der Waals surface area contributed by atoms with Crippen molar-refractivity contribution in [3.8, 4) is 10.6 Å². The molecule has 1 atom stereocenters. The van der Waals surface area contributed by atoms with E-state index in [-0.39, 0.29) is 17.8 Å². The van der Waals surface area contributed by atoms with E-state index in [0.29, 0.717) is 15.4 Å². The van der Waals surface area contributed by atoms with Gasteiger partial charge in [0.05, 0.1) is 12.2 Å². The Morgan fingerprint density at radius 3 is 2.58 bits per heavy atom. The fourth-order valence-electron chi connectivity index (χ4n) is 2.34. The largest absolute Gasteiger partial charge is 0.345 e. The minimum atomic E-state index is -0.341. The zero-order chi connectivity index (χ0) is 17.1. The maximum absolute atomic E-state index is 13.8. The van der Waals surface area contributed by atoms with Gasteiger partial charge in [0.1, 0.15) is 15.7 Å². The Kier molecular flexibility index (Phi) is 4.71. The fraction of sp³-hybridized carbons (Fsp3) is 0.158. The molecule has 0 aliphatic heterocycles. The molecular weight excluding hydrogens is 323 g/mol. The molecule has 3 aromatic rings. The third-order valence-corrected chi connectivity index (χ3v) is 4.79. The number of benzene rings is 2. The van der Waals surface area contributed by atoms with Gasteiger partial charge in [-0.25, -0.2) is 9.37 Å². The second kappa shape index (κ2) is 6.93. The van der Waals surface area contributed by atoms with Crippen molar-refractivity contribution in [3.05, 3.63) is 76.5 Å². The number of carbonyl (C=O) groups excluding carboxylic acids is 1. The lowest BCUT2D eigenvalue weighted by Gasteiger charge is -2.13. The molecule has 0 spiro atoms. The lowest BCUT2D eigenvalue weighted by molar-refractivity contribution is 0.0944. The lowest BCUT2D eigenvalue weighted by Crippen LogP contribution is -2.25. The van der Waals surface area contributed by atoms with Crippen LogP contribution in [0.1, 0.15) is 33.8 Å². The van der Waals surface area contributed by atoms with Gasteiger partial charge >= 0.3 is 0 Å². The van der Waals surface area contributed by atoms with Gasteiger partial charge in [0.2, 0.25) is 0 Å². The second-order valence-electron chi connectivity index (χ2n) is 5.62. The summed E-state index contributed by atoms with van der Waals surface area (Å²) in [5.41, 5.74) is 2.62. The molecule has 0 saturated heterocycles. The normalized spacial score (nSPS) is 12.0. The Hall–Kier alpha value is -2.53. The first kappa shape index (κ1) is 16.3. The van der Waals surface area contributed by atoms with E-state index in [4.69, 9.17) is 0 Å². The van der Waals surface area contributed by atoms with Crippen LogP contribution in [0.2, 0.25) is 0 Å². The molecule has 0 aliphatic rings. The molecule has 0 saturated carbocycles. The van der Waals surface area contributed by atoms with Crippen LogP contribution in [0.3, 0.4) is 0 Å². The number of carbonyl (C=O) groups is 1. The molecule has 0 aliphatic carbocycles. The molecule has 24 heavy (non-hydrogen) atoms. The van der Waals surface area contributed by atoms with Crippen molar-refractivity contribution >= 4 is 17.2 Å². The fourth-order valence-corrected chi connectivity index (χ4v) is 3.19. The van der Waals surface area contributed by atoms with Gasteiger partial charge in [-0.2, -0.15) is 0 Å². The van der Waals surface area contributed by atoms with Gasteiger partial charge in [0.25, 0.3) is 5.91 Å². The summed E-state index contributed by atoms with van der Waals surface area (Å²) in [6.45, 7) is 3.95. The number of thiazole rings is 1. The van der Waals surface area contributed by atoms with Crippen molar-refractivity contribution in [3.63, 3.8) is 0 Å². The summed E-state index contributed by atoms with van der Waals surface area (Å²) in [6.07, 6.45) is 1.49. The van der Waals surface area contributed by atoms with Crippen molar-refractivity contribution in [2.75, 3.05) is 0 Å². The number of aryl methyl sites for hydroxylation is 1. The number of halogens is 1. The van der Waals surface area contributed by atoms with Gasteiger partial charge in [-0.1, -0.05) is 42.0 Å². The summed E-state index contributed by atoms with van der Waals surface area (Å²) in [5.74, 6) is -0.546. The molecule has 3 nitrogen and oxygen atoms in total. The van der Waals surface area contributed by atoms with Crippen LogP contribution in [0, 0.1) is 12.7 Å². The summed E-state index contributed by atoms with van der Waals surface area (Å²) in [7, 11) is 0. The van der Waals surface area contributed by atoms with E-state index in [2.05, 4.69) is 10.3 Å². The molecule has 1 aromatic heterocycles. The van der Waals surface area contributed by atoms with E-state index < -0.39 is 0 Å². The van der Waals surface area contributed by atoms with Crippen molar-refractivity contribution < 1.29 is 9.18 Å². The Bertz CT molecular complexity index is 858. The first-order chi connectivity index (χ1) is 11.5. The molecule has 5 heteroatoms. The zero-order valence-corrected chi connectivity index (χ0v) is 14.2. The van der Waals surface area contributed by atoms with Gasteiger partial charge in [-0.05, 0) is 31.5 Å². The first-order valence-electron chi connectivity index (χ1n) is 7.63. The summed E-state index contributed by atoms with van der Waals surface area (Å²) >= 11 is 1.18. The number of aromatic nitrogens is 1. The van der Waals surface area contributed by atoms with Crippen molar-refractivity contribution in [2.24, 2.45) is 0 Å². The zero-order valence-electron chi connectivity index (χ0n) is 13.4. The number of amides is 1. The maximum Gasteiger partial charge on any atom is 0.263 e. The van der Waals surface area contributed by atoms with Crippen LogP contribution in [-0.2, 0) is 0 Å². The lowest BCUT2D eigenvalue weighted by atomic mass is 10.1. The average Bonchev–Trinajstić information content (AvgIpc) is 3.05. The highest BCUT2D eigenvalue weighted by Gasteiger charge is 2.16. The van der Waals surface area contributed by atoms with Crippen LogP contribution in [-0.4, -0.2) is 10.9 Å². The molecule has 1 N–H and O–H groups in total. The quantitative estimate of drug-likeness (QED) is 0.745. The molecule has 1 unspecified atom stereocenters. The highest BCUT2D eigenvalue weighted by atomic mass is 32.1. The van der Waals surface area contributed by atoms with Gasteiger partial charge in [-0.15, -0.1) is 11.3 Å². The third-order valence-electron chi connectivity index (χ3n) is 3.76. The Morgan fingerprint density at radius 1 is 1.17 bits per heavy atom. The molecule has 3 rings (SSSR count). The minimum Gasteiger partial charge on any atom is -0.345 e. The van der Waals surface area contributed by atoms with Crippen LogP contribution in [0.15, 0.2) is 54.7 Å². The molecule has 122 valence electrons. The highest BCUT2D eigenvalue weighted by molar-refractivity contribution is 7.16. The highest BCUT2D eigenvalue weighted by Crippen LogP contribution is 2.27. The smallest absolute Gasteiger partial charge is 0.263 e. The van der Waals surface area contributed by atoms with Gasteiger partial charge in [-0.3, -0.25) is 4.79 Å². The topological polar surface area (TPSA) is 42.0 Å². The van der Waals surface area contributed by atoms with Crippen LogP contribution in [0.25, 0.3) is 10.6 Å². The number of hydrogen-bond acceptors (Lipinski definition) is 3. The third kappa shape index (κ3) is 3.51. The average molecular weight is 340 g/mol. The van der Waals surface area contributed by atoms with E-state index in [1.54, 1.807) is 18.2 Å².